The fourth-order valence-electron chi connectivity index (χ4n) is 5.24. The van der Waals surface area contributed by atoms with Crippen LogP contribution in [0.4, 0.5) is 4.39 Å². The topological polar surface area (TPSA) is 95.7 Å². The quantitative estimate of drug-likeness (QED) is 0.479. The van der Waals surface area contributed by atoms with E-state index >= 15 is 0 Å². The number of nitrogens with zero attached hydrogens (tertiary/aromatic N) is 2. The Labute approximate surface area is 222 Å². The Balaban J connectivity index is 1.54. The van der Waals surface area contributed by atoms with E-state index in [2.05, 4.69) is 5.32 Å². The molecule has 1 saturated heterocycles. The van der Waals surface area contributed by atoms with E-state index in [4.69, 9.17) is 5.73 Å². The highest BCUT2D eigenvalue weighted by Crippen LogP contribution is 2.24. The molecule has 38 heavy (non-hydrogen) atoms. The number of hydrogen-bond acceptors (Lipinski definition) is 4. The SMILES string of the molecule is CNC(=O)[C@H](Cc1ccc2ccccc2c1)N1CCN(C(=O)[C@H](N)Cc2ccc(F)cc2)[C@@H](C(C)C)C1=O. The lowest BCUT2D eigenvalue weighted by Crippen LogP contribution is -2.66. The predicted molar refractivity (Wildman–Crippen MR) is 146 cm³/mol. The minimum atomic E-state index is -0.867. The van der Waals surface area contributed by atoms with E-state index < -0.39 is 18.1 Å². The smallest absolute Gasteiger partial charge is 0.246 e. The van der Waals surface area contributed by atoms with Crippen molar-refractivity contribution in [3.63, 3.8) is 0 Å². The van der Waals surface area contributed by atoms with Crippen molar-refractivity contribution in [2.24, 2.45) is 11.7 Å². The zero-order valence-electron chi connectivity index (χ0n) is 22.1. The molecule has 0 saturated carbocycles. The van der Waals surface area contributed by atoms with Gasteiger partial charge in [-0.1, -0.05) is 68.4 Å². The first-order chi connectivity index (χ1) is 18.2. The zero-order valence-corrected chi connectivity index (χ0v) is 22.1. The third-order valence-corrected chi connectivity index (χ3v) is 7.22. The lowest BCUT2D eigenvalue weighted by Gasteiger charge is -2.45. The number of halogens is 1. The number of piperazine rings is 1. The molecule has 0 bridgehead atoms. The van der Waals surface area contributed by atoms with Crippen LogP contribution < -0.4 is 11.1 Å². The molecular weight excluding hydrogens is 483 g/mol. The van der Waals surface area contributed by atoms with Crippen LogP contribution in [0.25, 0.3) is 10.8 Å². The van der Waals surface area contributed by atoms with Gasteiger partial charge in [-0.2, -0.15) is 0 Å². The molecule has 7 nitrogen and oxygen atoms in total. The molecule has 0 spiro atoms. The van der Waals surface area contributed by atoms with Gasteiger partial charge < -0.3 is 20.9 Å². The molecule has 8 heteroatoms. The van der Waals surface area contributed by atoms with Crippen LogP contribution >= 0.6 is 0 Å². The molecule has 0 aliphatic carbocycles. The Bertz CT molecular complexity index is 1310. The normalized spacial score (nSPS) is 17.5. The van der Waals surface area contributed by atoms with Gasteiger partial charge in [0, 0.05) is 26.6 Å². The number of benzene rings is 3. The molecule has 0 radical (unpaired) electrons. The first-order valence-electron chi connectivity index (χ1n) is 13.0. The molecule has 1 heterocycles. The Hall–Kier alpha value is -3.78. The summed E-state index contributed by atoms with van der Waals surface area (Å²) in [6, 6.07) is 17.6. The maximum atomic E-state index is 13.8. The number of hydrogen-bond donors (Lipinski definition) is 2. The summed E-state index contributed by atoms with van der Waals surface area (Å²) < 4.78 is 13.3. The average Bonchev–Trinajstić information content (AvgIpc) is 2.91. The molecule has 3 aromatic carbocycles. The monoisotopic (exact) mass is 518 g/mol. The second-order valence-electron chi connectivity index (χ2n) is 10.2. The Morgan fingerprint density at radius 2 is 1.63 bits per heavy atom. The van der Waals surface area contributed by atoms with E-state index in [0.29, 0.717) is 6.42 Å². The van der Waals surface area contributed by atoms with Crippen LogP contribution in [0, 0.1) is 11.7 Å². The maximum Gasteiger partial charge on any atom is 0.246 e. The minimum Gasteiger partial charge on any atom is -0.357 e. The van der Waals surface area contributed by atoms with Crippen molar-refractivity contribution in [3.05, 3.63) is 83.7 Å². The zero-order chi connectivity index (χ0) is 27.4. The van der Waals surface area contributed by atoms with E-state index in [0.717, 1.165) is 21.9 Å². The fraction of sp³-hybridized carbons (Fsp3) is 0.367. The van der Waals surface area contributed by atoms with Crippen LogP contribution in [-0.2, 0) is 27.2 Å². The number of fused-ring (bicyclic) bond motifs is 1. The highest BCUT2D eigenvalue weighted by atomic mass is 19.1. The predicted octanol–water partition coefficient (Wildman–Crippen LogP) is 2.90. The fourth-order valence-corrected chi connectivity index (χ4v) is 5.24. The van der Waals surface area contributed by atoms with Crippen molar-refractivity contribution < 1.29 is 18.8 Å². The molecular formula is C30H35FN4O3. The first kappa shape index (κ1) is 27.3. The first-order valence-corrected chi connectivity index (χ1v) is 13.0. The van der Waals surface area contributed by atoms with Crippen molar-refractivity contribution in [1.82, 2.24) is 15.1 Å². The van der Waals surface area contributed by atoms with E-state index in [1.54, 1.807) is 29.0 Å². The highest BCUT2D eigenvalue weighted by Gasteiger charge is 2.44. The van der Waals surface area contributed by atoms with Crippen molar-refractivity contribution in [2.45, 2.75) is 44.8 Å². The summed E-state index contributed by atoms with van der Waals surface area (Å²) in [5.41, 5.74) is 7.96. The third-order valence-electron chi connectivity index (χ3n) is 7.22. The Morgan fingerprint density at radius 3 is 2.29 bits per heavy atom. The van der Waals surface area contributed by atoms with Gasteiger partial charge in [-0.3, -0.25) is 14.4 Å². The second kappa shape index (κ2) is 11.7. The lowest BCUT2D eigenvalue weighted by atomic mass is 9.93. The molecule has 1 aliphatic heterocycles. The molecule has 0 unspecified atom stereocenters. The second-order valence-corrected chi connectivity index (χ2v) is 10.2. The molecule has 3 aromatic rings. The average molecular weight is 519 g/mol. The molecule has 200 valence electrons. The minimum absolute atomic E-state index is 0.182. The van der Waals surface area contributed by atoms with Crippen LogP contribution in [0.3, 0.4) is 0 Å². The third kappa shape index (κ3) is 5.86. The molecule has 0 aromatic heterocycles. The Morgan fingerprint density at radius 1 is 0.974 bits per heavy atom. The van der Waals surface area contributed by atoms with Crippen molar-refractivity contribution in [3.8, 4) is 0 Å². The van der Waals surface area contributed by atoms with E-state index in [-0.39, 0.29) is 49.0 Å². The van der Waals surface area contributed by atoms with Crippen molar-refractivity contribution in [1.29, 1.82) is 0 Å². The van der Waals surface area contributed by atoms with E-state index in [1.807, 2.05) is 56.3 Å². The number of nitrogens with one attached hydrogen (secondary N) is 1. The molecule has 3 amide bonds. The van der Waals surface area contributed by atoms with Crippen LogP contribution in [-0.4, -0.2) is 65.8 Å². The summed E-state index contributed by atoms with van der Waals surface area (Å²) in [6.45, 7) is 4.27. The summed E-state index contributed by atoms with van der Waals surface area (Å²) >= 11 is 0. The number of amides is 3. The van der Waals surface area contributed by atoms with Crippen LogP contribution in [0.1, 0.15) is 25.0 Å². The van der Waals surface area contributed by atoms with Gasteiger partial charge in [0.05, 0.1) is 6.04 Å². The summed E-state index contributed by atoms with van der Waals surface area (Å²) in [7, 11) is 1.56. The van der Waals surface area contributed by atoms with Gasteiger partial charge in [-0.25, -0.2) is 4.39 Å². The molecule has 3 atom stereocenters. The Kier molecular flexibility index (Phi) is 8.42. The van der Waals surface area contributed by atoms with E-state index in [9.17, 15) is 18.8 Å². The molecule has 1 fully saturated rings. The van der Waals surface area contributed by atoms with Gasteiger partial charge in [0.25, 0.3) is 0 Å². The van der Waals surface area contributed by atoms with Gasteiger partial charge in [0.2, 0.25) is 17.7 Å². The van der Waals surface area contributed by atoms with Crippen LogP contribution in [0.5, 0.6) is 0 Å². The van der Waals surface area contributed by atoms with Gasteiger partial charge >= 0.3 is 0 Å². The van der Waals surface area contributed by atoms with Gasteiger partial charge in [-0.05, 0) is 46.4 Å². The van der Waals surface area contributed by atoms with Gasteiger partial charge in [-0.15, -0.1) is 0 Å². The van der Waals surface area contributed by atoms with Crippen molar-refractivity contribution >= 4 is 28.5 Å². The summed E-state index contributed by atoms with van der Waals surface area (Å²) in [5.74, 6) is -1.38. The number of carbonyl (C=O) groups excluding carboxylic acids is 3. The number of carbonyl (C=O) groups is 3. The number of likely N-dealkylation sites (N-methyl/N-ethyl adjacent to an activating group) is 1. The van der Waals surface area contributed by atoms with Gasteiger partial charge in [0.1, 0.15) is 17.9 Å². The lowest BCUT2D eigenvalue weighted by molar-refractivity contribution is -0.158. The number of nitrogens with two attached hydrogens (primary N) is 1. The molecule has 4 rings (SSSR count). The largest absolute Gasteiger partial charge is 0.357 e. The van der Waals surface area contributed by atoms with Crippen molar-refractivity contribution in [2.75, 3.05) is 20.1 Å². The standard InChI is InChI=1S/C30H35FN4O3/c1-19(2)27-30(38)34(14-15-35(27)29(37)25(32)17-20-9-12-24(31)13-10-20)26(28(36)33-3)18-21-8-11-22-6-4-5-7-23(22)16-21/h4-13,16,19,25-27H,14-15,17-18,32H2,1-3H3,(H,33,36)/t25-,26+,27+/m1/s1. The molecule has 3 N–H and O–H groups in total. The summed E-state index contributed by atoms with van der Waals surface area (Å²) in [5, 5.41) is 4.88. The van der Waals surface area contributed by atoms with Crippen LogP contribution in [0.15, 0.2) is 66.7 Å². The summed E-state index contributed by atoms with van der Waals surface area (Å²) in [6.07, 6.45) is 0.597. The molecule has 1 aliphatic rings. The van der Waals surface area contributed by atoms with Crippen LogP contribution in [0.2, 0.25) is 0 Å². The van der Waals surface area contributed by atoms with Gasteiger partial charge in [0.15, 0.2) is 0 Å². The summed E-state index contributed by atoms with van der Waals surface area (Å²) in [4.78, 5) is 43.4. The highest BCUT2D eigenvalue weighted by molar-refractivity contribution is 5.94. The maximum absolute atomic E-state index is 13.8. The number of rotatable bonds is 8. The van der Waals surface area contributed by atoms with E-state index in [1.165, 1.54) is 12.1 Å².